The number of likely N-dealkylation sites (tertiary alicyclic amines) is 1. The Bertz CT molecular complexity index is 644. The molecule has 0 aromatic heterocycles. The lowest BCUT2D eigenvalue weighted by atomic mass is 10.0. The van der Waals surface area contributed by atoms with Crippen LogP contribution in [-0.4, -0.2) is 49.3 Å². The molecule has 0 bridgehead atoms. The number of benzene rings is 1. The van der Waals surface area contributed by atoms with E-state index < -0.39 is 12.1 Å². The third kappa shape index (κ3) is 4.52. The zero-order valence-electron chi connectivity index (χ0n) is 13.4. The van der Waals surface area contributed by atoms with Crippen molar-refractivity contribution in [2.45, 2.75) is 25.0 Å². The van der Waals surface area contributed by atoms with Gasteiger partial charge < -0.3 is 19.1 Å². The number of rotatable bonds is 3. The Kier molecular flexibility index (Phi) is 5.01. The minimum atomic E-state index is -4.78. The van der Waals surface area contributed by atoms with Gasteiger partial charge in [-0.15, -0.1) is 13.2 Å². The molecule has 0 saturated carbocycles. The number of amides is 1. The number of piperidine rings is 1. The van der Waals surface area contributed by atoms with Crippen LogP contribution in [0.5, 0.6) is 5.75 Å². The van der Waals surface area contributed by atoms with E-state index in [1.807, 2.05) is 0 Å². The van der Waals surface area contributed by atoms with Gasteiger partial charge in [-0.25, -0.2) is 0 Å². The van der Waals surface area contributed by atoms with Crippen molar-refractivity contribution >= 4 is 12.0 Å². The Morgan fingerprint density at radius 2 is 1.80 bits per heavy atom. The molecular weight excluding hydrogens is 339 g/mol. The highest BCUT2D eigenvalue weighted by molar-refractivity contribution is 5.92. The smallest absolute Gasteiger partial charge is 0.405 e. The van der Waals surface area contributed by atoms with Gasteiger partial charge in [0.15, 0.2) is 5.79 Å². The minimum Gasteiger partial charge on any atom is -0.405 e. The fourth-order valence-corrected chi connectivity index (χ4v) is 2.96. The van der Waals surface area contributed by atoms with Gasteiger partial charge in [-0.1, -0.05) is 18.2 Å². The fraction of sp³-hybridized carbons (Fsp3) is 0.471. The van der Waals surface area contributed by atoms with E-state index in [2.05, 4.69) is 4.74 Å². The monoisotopic (exact) mass is 357 g/mol. The van der Waals surface area contributed by atoms with Crippen molar-refractivity contribution in [2.24, 2.45) is 0 Å². The minimum absolute atomic E-state index is 0.184. The van der Waals surface area contributed by atoms with Crippen molar-refractivity contribution in [3.05, 3.63) is 35.9 Å². The zero-order chi connectivity index (χ0) is 17.9. The number of carbonyl (C=O) groups excluding carboxylic acids is 1. The summed E-state index contributed by atoms with van der Waals surface area (Å²) in [6, 6.07) is 5.67. The van der Waals surface area contributed by atoms with E-state index in [4.69, 9.17) is 9.47 Å². The Labute approximate surface area is 143 Å². The van der Waals surface area contributed by atoms with Gasteiger partial charge in [-0.05, 0) is 12.1 Å². The van der Waals surface area contributed by atoms with E-state index in [9.17, 15) is 18.0 Å². The summed E-state index contributed by atoms with van der Waals surface area (Å²) in [7, 11) is 0. The molecule has 3 rings (SSSR count). The summed E-state index contributed by atoms with van der Waals surface area (Å²) >= 11 is 0. The predicted octanol–water partition coefficient (Wildman–Crippen LogP) is 2.96. The van der Waals surface area contributed by atoms with Crippen molar-refractivity contribution in [3.63, 3.8) is 0 Å². The van der Waals surface area contributed by atoms with Crippen LogP contribution >= 0.6 is 0 Å². The van der Waals surface area contributed by atoms with Gasteiger partial charge in [0.05, 0.1) is 13.2 Å². The van der Waals surface area contributed by atoms with Crippen molar-refractivity contribution < 1.29 is 32.2 Å². The molecule has 136 valence electrons. The SMILES string of the molecule is O=C(/C=C/c1ccccc1OC(F)(F)F)N1CCC2(CC1)OCCO2. The number of ether oxygens (including phenoxy) is 3. The van der Waals surface area contributed by atoms with Crippen LogP contribution < -0.4 is 4.74 Å². The van der Waals surface area contributed by atoms with Gasteiger partial charge in [-0.3, -0.25) is 4.79 Å². The molecule has 2 fully saturated rings. The van der Waals surface area contributed by atoms with Gasteiger partial charge >= 0.3 is 6.36 Å². The molecular formula is C17H18F3NO4. The Morgan fingerprint density at radius 1 is 1.16 bits per heavy atom. The highest BCUT2D eigenvalue weighted by Gasteiger charge is 2.40. The summed E-state index contributed by atoms with van der Waals surface area (Å²) in [6.07, 6.45) is -1.03. The number of hydrogen-bond acceptors (Lipinski definition) is 4. The molecule has 1 spiro atoms. The maximum absolute atomic E-state index is 12.4. The summed E-state index contributed by atoms with van der Waals surface area (Å²) in [6.45, 7) is 2.07. The first-order chi connectivity index (χ1) is 11.9. The molecule has 25 heavy (non-hydrogen) atoms. The molecule has 2 saturated heterocycles. The van der Waals surface area contributed by atoms with Crippen LogP contribution in [-0.2, 0) is 14.3 Å². The Morgan fingerprint density at radius 3 is 2.44 bits per heavy atom. The van der Waals surface area contributed by atoms with E-state index in [1.54, 1.807) is 11.0 Å². The molecule has 0 N–H and O–H groups in total. The number of para-hydroxylation sites is 1. The molecule has 2 heterocycles. The lowest BCUT2D eigenvalue weighted by Crippen LogP contribution is -2.46. The second-order valence-corrected chi connectivity index (χ2v) is 5.85. The molecule has 0 unspecified atom stereocenters. The van der Waals surface area contributed by atoms with Crippen molar-refractivity contribution in [1.29, 1.82) is 0 Å². The number of hydrogen-bond donors (Lipinski definition) is 0. The van der Waals surface area contributed by atoms with Gasteiger partial charge in [-0.2, -0.15) is 0 Å². The van der Waals surface area contributed by atoms with Gasteiger partial charge in [0.1, 0.15) is 5.75 Å². The maximum atomic E-state index is 12.4. The number of carbonyl (C=O) groups is 1. The molecule has 1 aromatic carbocycles. The van der Waals surface area contributed by atoms with Gasteiger partial charge in [0, 0.05) is 37.6 Å². The van der Waals surface area contributed by atoms with Crippen molar-refractivity contribution in [1.82, 2.24) is 4.90 Å². The average Bonchev–Trinajstić information content (AvgIpc) is 3.01. The fourth-order valence-electron chi connectivity index (χ4n) is 2.96. The molecule has 0 radical (unpaired) electrons. The summed E-state index contributed by atoms with van der Waals surface area (Å²) in [4.78, 5) is 13.9. The Hall–Kier alpha value is -2.06. The van der Waals surface area contributed by atoms with Crippen LogP contribution in [0.1, 0.15) is 18.4 Å². The summed E-state index contributed by atoms with van der Waals surface area (Å²) in [5.74, 6) is -1.19. The first-order valence-electron chi connectivity index (χ1n) is 7.97. The van der Waals surface area contributed by atoms with Crippen LogP contribution in [0.2, 0.25) is 0 Å². The third-order valence-electron chi connectivity index (χ3n) is 4.20. The quantitative estimate of drug-likeness (QED) is 0.781. The second-order valence-electron chi connectivity index (χ2n) is 5.85. The van der Waals surface area contributed by atoms with E-state index >= 15 is 0 Å². The molecule has 2 aliphatic rings. The van der Waals surface area contributed by atoms with Crippen molar-refractivity contribution in [3.8, 4) is 5.75 Å². The number of nitrogens with zero attached hydrogens (tertiary/aromatic N) is 1. The second kappa shape index (κ2) is 7.05. The number of halogens is 3. The molecule has 0 aliphatic carbocycles. The molecule has 1 aromatic rings. The predicted molar refractivity (Wildman–Crippen MR) is 82.6 cm³/mol. The van der Waals surface area contributed by atoms with E-state index in [-0.39, 0.29) is 17.2 Å². The van der Waals surface area contributed by atoms with Crippen molar-refractivity contribution in [2.75, 3.05) is 26.3 Å². The molecule has 2 aliphatic heterocycles. The summed E-state index contributed by atoms with van der Waals surface area (Å²) in [5, 5.41) is 0. The highest BCUT2D eigenvalue weighted by atomic mass is 19.4. The van der Waals surface area contributed by atoms with Crippen LogP contribution in [0.15, 0.2) is 30.3 Å². The van der Waals surface area contributed by atoms with Crippen LogP contribution in [0, 0.1) is 0 Å². The summed E-state index contributed by atoms with van der Waals surface area (Å²) < 4.78 is 52.4. The number of alkyl halides is 3. The molecule has 5 nitrogen and oxygen atoms in total. The largest absolute Gasteiger partial charge is 0.573 e. The van der Waals surface area contributed by atoms with E-state index in [0.29, 0.717) is 39.1 Å². The topological polar surface area (TPSA) is 48.0 Å². The zero-order valence-corrected chi connectivity index (χ0v) is 13.4. The normalized spacial score (nSPS) is 20.4. The lowest BCUT2D eigenvalue weighted by Gasteiger charge is -2.37. The molecule has 0 atom stereocenters. The first kappa shape index (κ1) is 17.8. The maximum Gasteiger partial charge on any atom is 0.573 e. The molecule has 8 heteroatoms. The van der Waals surface area contributed by atoms with Gasteiger partial charge in [0.2, 0.25) is 5.91 Å². The van der Waals surface area contributed by atoms with Crippen LogP contribution in [0.25, 0.3) is 6.08 Å². The first-order valence-corrected chi connectivity index (χ1v) is 7.97. The van der Waals surface area contributed by atoms with Crippen LogP contribution in [0.4, 0.5) is 13.2 Å². The van der Waals surface area contributed by atoms with E-state index in [1.165, 1.54) is 30.4 Å². The van der Waals surface area contributed by atoms with Gasteiger partial charge in [0.25, 0.3) is 0 Å². The third-order valence-corrected chi connectivity index (χ3v) is 4.20. The molecule has 1 amide bonds. The summed E-state index contributed by atoms with van der Waals surface area (Å²) in [5.41, 5.74) is 0.184. The standard InChI is InChI=1S/C17H18F3NO4/c18-17(19,20)25-14-4-2-1-3-13(14)5-6-15(22)21-9-7-16(8-10-21)23-11-12-24-16/h1-6H,7-12H2/b6-5+. The Balaban J connectivity index is 1.62. The lowest BCUT2D eigenvalue weighted by molar-refractivity contribution is -0.274. The average molecular weight is 357 g/mol. The highest BCUT2D eigenvalue weighted by Crippen LogP contribution is 2.31. The van der Waals surface area contributed by atoms with Crippen LogP contribution in [0.3, 0.4) is 0 Å². The van der Waals surface area contributed by atoms with E-state index in [0.717, 1.165) is 0 Å².